The zero-order chi connectivity index (χ0) is 28.3. The van der Waals surface area contributed by atoms with Crippen molar-refractivity contribution >= 4 is 22.6 Å². The maximum absolute atomic E-state index is 12.9. The van der Waals surface area contributed by atoms with E-state index in [1.54, 1.807) is 30.5 Å². The van der Waals surface area contributed by atoms with Crippen molar-refractivity contribution in [1.82, 2.24) is 19.7 Å². The van der Waals surface area contributed by atoms with Gasteiger partial charge < -0.3 is 24.3 Å². The molecule has 40 heavy (non-hydrogen) atoms. The van der Waals surface area contributed by atoms with Gasteiger partial charge in [0.25, 0.3) is 5.91 Å². The number of hydrogen-bond donors (Lipinski definition) is 1. The maximum atomic E-state index is 12.9. The minimum Gasteiger partial charge on any atom is -0.493 e. The molecule has 3 heterocycles. The fourth-order valence-corrected chi connectivity index (χ4v) is 4.21. The number of ether oxygens (including phenoxy) is 4. The largest absolute Gasteiger partial charge is 0.493 e. The summed E-state index contributed by atoms with van der Waals surface area (Å²) in [4.78, 5) is 21.5. The van der Waals surface area contributed by atoms with E-state index in [1.165, 1.54) is 37.4 Å². The van der Waals surface area contributed by atoms with Crippen LogP contribution in [0, 0.1) is 5.92 Å². The molecule has 13 heteroatoms. The number of anilines is 1. The molecule has 1 aliphatic rings. The Kier molecular flexibility index (Phi) is 7.63. The molecule has 0 bridgehead atoms. The van der Waals surface area contributed by atoms with Gasteiger partial charge in [0.1, 0.15) is 17.3 Å². The van der Waals surface area contributed by atoms with Crippen LogP contribution in [0.5, 0.6) is 28.7 Å². The van der Waals surface area contributed by atoms with Crippen LogP contribution in [0.1, 0.15) is 29.8 Å². The number of amides is 1. The van der Waals surface area contributed by atoms with Crippen LogP contribution in [0.25, 0.3) is 10.9 Å². The molecule has 1 N–H and O–H groups in total. The lowest BCUT2D eigenvalue weighted by Crippen LogP contribution is -2.21. The number of nitrogens with zero attached hydrogens (tertiary/aromatic N) is 4. The van der Waals surface area contributed by atoms with Gasteiger partial charge in [-0.3, -0.25) is 14.5 Å². The molecule has 0 radical (unpaired) electrons. The van der Waals surface area contributed by atoms with Gasteiger partial charge in [0, 0.05) is 24.2 Å². The van der Waals surface area contributed by atoms with Crippen LogP contribution in [0.2, 0.25) is 0 Å². The normalized spacial score (nSPS) is 13.5. The van der Waals surface area contributed by atoms with Gasteiger partial charge in [-0.05, 0) is 43.0 Å². The van der Waals surface area contributed by atoms with Crippen LogP contribution in [0.3, 0.4) is 0 Å². The van der Waals surface area contributed by atoms with E-state index in [9.17, 15) is 18.0 Å². The summed E-state index contributed by atoms with van der Waals surface area (Å²) in [6, 6.07) is 8.26. The predicted molar refractivity (Wildman–Crippen MR) is 138 cm³/mol. The van der Waals surface area contributed by atoms with E-state index in [0.717, 1.165) is 19.3 Å². The highest BCUT2D eigenvalue weighted by Gasteiger charge is 2.31. The second kappa shape index (κ2) is 11.3. The van der Waals surface area contributed by atoms with Crippen molar-refractivity contribution in [2.75, 3.05) is 26.1 Å². The lowest BCUT2D eigenvalue weighted by molar-refractivity contribution is -0.153. The standard InChI is InChI=1S/C27H26F3N5O5/c1-37-21-10-18-19(11-22(21)38-2)31-9-8-20(18)40-17-6-7-24(32-12-17)33-26(36)25-23(39-15-27(28,29)30)14-35(34-25)13-16-4-3-5-16/h6-12,14,16H,3-5,13,15H2,1-2H3,(H,32,33,36). The Morgan fingerprint density at radius 1 is 1.05 bits per heavy atom. The second-order valence-corrected chi connectivity index (χ2v) is 9.23. The highest BCUT2D eigenvalue weighted by Crippen LogP contribution is 2.37. The van der Waals surface area contributed by atoms with E-state index < -0.39 is 18.7 Å². The number of carbonyl (C=O) groups excluding carboxylic acids is 1. The Morgan fingerprint density at radius 3 is 2.48 bits per heavy atom. The van der Waals surface area contributed by atoms with E-state index in [4.69, 9.17) is 18.9 Å². The number of nitrogens with one attached hydrogen (secondary N) is 1. The summed E-state index contributed by atoms with van der Waals surface area (Å²) < 4.78 is 61.3. The van der Waals surface area contributed by atoms with Crippen molar-refractivity contribution in [3.05, 3.63) is 54.6 Å². The second-order valence-electron chi connectivity index (χ2n) is 9.23. The van der Waals surface area contributed by atoms with Crippen LogP contribution in [0.15, 0.2) is 48.9 Å². The Balaban J connectivity index is 1.31. The van der Waals surface area contributed by atoms with Gasteiger partial charge in [-0.1, -0.05) is 6.42 Å². The Hall–Kier alpha value is -4.55. The first-order chi connectivity index (χ1) is 19.2. The smallest absolute Gasteiger partial charge is 0.422 e. The molecule has 0 spiro atoms. The van der Waals surface area contributed by atoms with Gasteiger partial charge in [-0.25, -0.2) is 4.98 Å². The summed E-state index contributed by atoms with van der Waals surface area (Å²) >= 11 is 0. The summed E-state index contributed by atoms with van der Waals surface area (Å²) in [6.07, 6.45) is 2.88. The summed E-state index contributed by atoms with van der Waals surface area (Å²) in [5.41, 5.74) is 0.380. The Morgan fingerprint density at radius 2 is 1.82 bits per heavy atom. The topological polar surface area (TPSA) is 110 Å². The number of carbonyl (C=O) groups is 1. The van der Waals surface area contributed by atoms with Crippen molar-refractivity contribution in [2.45, 2.75) is 32.0 Å². The van der Waals surface area contributed by atoms with Crippen LogP contribution < -0.4 is 24.3 Å². The van der Waals surface area contributed by atoms with Gasteiger partial charge in [0.2, 0.25) is 0 Å². The molecular weight excluding hydrogens is 531 g/mol. The van der Waals surface area contributed by atoms with Crippen molar-refractivity contribution in [3.63, 3.8) is 0 Å². The summed E-state index contributed by atoms with van der Waals surface area (Å²) in [7, 11) is 3.06. The number of pyridine rings is 2. The molecule has 1 amide bonds. The van der Waals surface area contributed by atoms with E-state index in [2.05, 4.69) is 20.4 Å². The van der Waals surface area contributed by atoms with E-state index in [-0.39, 0.29) is 17.3 Å². The molecule has 0 atom stereocenters. The molecule has 1 aromatic carbocycles. The van der Waals surface area contributed by atoms with Gasteiger partial charge in [-0.15, -0.1) is 0 Å². The molecule has 1 fully saturated rings. The molecular formula is C27H26F3N5O5. The molecule has 210 valence electrons. The number of rotatable bonds is 10. The van der Waals surface area contributed by atoms with Crippen molar-refractivity contribution in [3.8, 4) is 28.7 Å². The lowest BCUT2D eigenvalue weighted by Gasteiger charge is -2.24. The number of methoxy groups -OCH3 is 2. The maximum Gasteiger partial charge on any atom is 0.422 e. The number of fused-ring (bicyclic) bond motifs is 1. The Labute approximate surface area is 227 Å². The van der Waals surface area contributed by atoms with Gasteiger partial charge in [0.15, 0.2) is 29.5 Å². The minimum atomic E-state index is -4.56. The van der Waals surface area contributed by atoms with Gasteiger partial charge in [0.05, 0.1) is 32.1 Å². The van der Waals surface area contributed by atoms with Gasteiger partial charge >= 0.3 is 6.18 Å². The molecule has 3 aromatic heterocycles. The van der Waals surface area contributed by atoms with Crippen molar-refractivity contribution in [1.29, 1.82) is 0 Å². The Bertz CT molecular complexity index is 1500. The zero-order valence-corrected chi connectivity index (χ0v) is 21.7. The van der Waals surface area contributed by atoms with Gasteiger partial charge in [-0.2, -0.15) is 18.3 Å². The SMILES string of the molecule is COc1cc2nccc(Oc3ccc(NC(=O)c4nn(CC5CCC5)cc4OCC(F)(F)F)nc3)c2cc1OC. The highest BCUT2D eigenvalue weighted by molar-refractivity contribution is 6.04. The third-order valence-electron chi connectivity index (χ3n) is 6.42. The highest BCUT2D eigenvalue weighted by atomic mass is 19.4. The van der Waals surface area contributed by atoms with E-state index in [0.29, 0.717) is 46.4 Å². The number of alkyl halides is 3. The fraction of sp³-hybridized carbons (Fsp3) is 0.333. The third kappa shape index (κ3) is 6.19. The quantitative estimate of drug-likeness (QED) is 0.267. The number of halogens is 3. The van der Waals surface area contributed by atoms with E-state index >= 15 is 0 Å². The lowest BCUT2D eigenvalue weighted by atomic mass is 9.85. The predicted octanol–water partition coefficient (Wildman–Crippen LogP) is 5.63. The average molecular weight is 558 g/mol. The number of hydrogen-bond acceptors (Lipinski definition) is 8. The molecule has 1 saturated carbocycles. The van der Waals surface area contributed by atoms with Crippen LogP contribution in [-0.2, 0) is 6.54 Å². The monoisotopic (exact) mass is 557 g/mol. The molecule has 5 rings (SSSR count). The minimum absolute atomic E-state index is 0.152. The summed E-state index contributed by atoms with van der Waals surface area (Å²) in [6.45, 7) is -1.03. The molecule has 0 unspecified atom stereocenters. The van der Waals surface area contributed by atoms with Crippen molar-refractivity contribution < 1.29 is 36.9 Å². The molecule has 0 aliphatic heterocycles. The molecule has 4 aromatic rings. The van der Waals surface area contributed by atoms with Crippen LogP contribution in [-0.4, -0.2) is 52.7 Å². The van der Waals surface area contributed by atoms with Crippen LogP contribution in [0.4, 0.5) is 19.0 Å². The molecule has 0 saturated heterocycles. The first-order valence-electron chi connectivity index (χ1n) is 12.5. The molecule has 1 aliphatic carbocycles. The fourth-order valence-electron chi connectivity index (χ4n) is 4.21. The summed E-state index contributed by atoms with van der Waals surface area (Å²) in [5, 5.41) is 7.43. The first-order valence-corrected chi connectivity index (χ1v) is 12.5. The average Bonchev–Trinajstić information content (AvgIpc) is 3.33. The first kappa shape index (κ1) is 27.0. The zero-order valence-electron chi connectivity index (χ0n) is 21.7. The van der Waals surface area contributed by atoms with Crippen molar-refractivity contribution in [2.24, 2.45) is 5.92 Å². The summed E-state index contributed by atoms with van der Waals surface area (Å²) in [5.74, 6) is 1.45. The molecule has 10 nitrogen and oxygen atoms in total. The van der Waals surface area contributed by atoms with Crippen LogP contribution >= 0.6 is 0 Å². The number of benzene rings is 1. The third-order valence-corrected chi connectivity index (χ3v) is 6.42. The number of aromatic nitrogens is 4. The van der Waals surface area contributed by atoms with E-state index in [1.807, 2.05) is 0 Å².